The number of carboxylic acid groups (broad SMARTS) is 1. The Balaban J connectivity index is 1.93. The van der Waals surface area contributed by atoms with Gasteiger partial charge in [0.2, 0.25) is 10.0 Å². The molecule has 0 fully saturated rings. The minimum absolute atomic E-state index is 0.0368. The molecule has 130 valence electrons. The number of carboxylic acids is 1. The number of furan rings is 1. The monoisotopic (exact) mass is 377 g/mol. The van der Waals surface area contributed by atoms with E-state index in [0.717, 1.165) is 4.88 Å². The van der Waals surface area contributed by atoms with E-state index in [2.05, 4.69) is 0 Å². The van der Waals surface area contributed by atoms with E-state index in [4.69, 9.17) is 9.52 Å². The first-order valence-corrected chi connectivity index (χ1v) is 9.67. The maximum absolute atomic E-state index is 13.0. The molecule has 0 atom stereocenters. The molecule has 0 spiro atoms. The number of sulfonamides is 1. The molecule has 0 saturated heterocycles. The zero-order chi connectivity index (χ0) is 17.9. The second-order valence-corrected chi connectivity index (χ2v) is 8.23. The van der Waals surface area contributed by atoms with Crippen molar-refractivity contribution >= 4 is 27.3 Å². The molecule has 6 nitrogen and oxygen atoms in total. The van der Waals surface area contributed by atoms with Gasteiger partial charge in [-0.05, 0) is 47.8 Å². The summed E-state index contributed by atoms with van der Waals surface area (Å²) in [7, 11) is -3.81. The van der Waals surface area contributed by atoms with Gasteiger partial charge in [0.25, 0.3) is 0 Å². The Kier molecular flexibility index (Phi) is 5.03. The molecule has 2 heterocycles. The van der Waals surface area contributed by atoms with Gasteiger partial charge < -0.3 is 9.52 Å². The van der Waals surface area contributed by atoms with Crippen LogP contribution >= 0.6 is 11.3 Å². The molecule has 25 heavy (non-hydrogen) atoms. The molecule has 3 rings (SSSR count). The summed E-state index contributed by atoms with van der Waals surface area (Å²) in [6.07, 6.45) is 1.49. The van der Waals surface area contributed by atoms with Crippen molar-refractivity contribution in [3.63, 3.8) is 0 Å². The fraction of sp³-hybridized carbons (Fsp3) is 0.118. The van der Waals surface area contributed by atoms with Gasteiger partial charge in [-0.25, -0.2) is 13.2 Å². The summed E-state index contributed by atoms with van der Waals surface area (Å²) in [6.45, 7) is 0.301. The summed E-state index contributed by atoms with van der Waals surface area (Å²) in [5.41, 5.74) is 0.0368. The summed E-state index contributed by atoms with van der Waals surface area (Å²) in [4.78, 5) is 11.9. The lowest BCUT2D eigenvalue weighted by atomic mass is 10.2. The third-order valence-corrected chi connectivity index (χ3v) is 6.23. The number of benzene rings is 1. The molecular formula is C17H15NO5S2. The Morgan fingerprint density at radius 2 is 1.84 bits per heavy atom. The highest BCUT2D eigenvalue weighted by Gasteiger charge is 2.26. The highest BCUT2D eigenvalue weighted by Crippen LogP contribution is 2.23. The molecule has 0 saturated carbocycles. The summed E-state index contributed by atoms with van der Waals surface area (Å²) in [5, 5.41) is 10.8. The first-order chi connectivity index (χ1) is 12.0. The zero-order valence-electron chi connectivity index (χ0n) is 13.0. The standard InChI is InChI=1S/C17H15NO5S2/c19-17(20)13-5-7-16(8-6-13)25(21,22)18(11-14-3-1-9-23-14)12-15-4-2-10-24-15/h1-10H,11-12H2,(H,19,20). The molecule has 0 unspecified atom stereocenters. The highest BCUT2D eigenvalue weighted by atomic mass is 32.2. The Morgan fingerprint density at radius 3 is 2.40 bits per heavy atom. The predicted octanol–water partition coefficient (Wildman–Crippen LogP) is 3.43. The molecule has 0 aliphatic heterocycles. The smallest absolute Gasteiger partial charge is 0.335 e. The fourth-order valence-electron chi connectivity index (χ4n) is 2.30. The minimum Gasteiger partial charge on any atom is -0.478 e. The third kappa shape index (κ3) is 3.98. The van der Waals surface area contributed by atoms with Gasteiger partial charge in [-0.1, -0.05) is 6.07 Å². The Morgan fingerprint density at radius 1 is 1.08 bits per heavy atom. The molecule has 1 aromatic carbocycles. The van der Waals surface area contributed by atoms with Crippen molar-refractivity contribution in [3.05, 3.63) is 76.4 Å². The van der Waals surface area contributed by atoms with Gasteiger partial charge in [-0.3, -0.25) is 0 Å². The molecule has 1 N–H and O–H groups in total. The van der Waals surface area contributed by atoms with Gasteiger partial charge in [0.1, 0.15) is 5.76 Å². The SMILES string of the molecule is O=C(O)c1ccc(S(=O)(=O)N(Cc2ccco2)Cc2cccs2)cc1. The van der Waals surface area contributed by atoms with E-state index in [9.17, 15) is 13.2 Å². The lowest BCUT2D eigenvalue weighted by Crippen LogP contribution is -2.29. The van der Waals surface area contributed by atoms with Crippen LogP contribution < -0.4 is 0 Å². The minimum atomic E-state index is -3.81. The number of nitrogens with zero attached hydrogens (tertiary/aromatic N) is 1. The molecule has 3 aromatic rings. The number of thiophene rings is 1. The van der Waals surface area contributed by atoms with Crippen LogP contribution in [0.3, 0.4) is 0 Å². The topological polar surface area (TPSA) is 87.8 Å². The van der Waals surface area contributed by atoms with Gasteiger partial charge in [-0.15, -0.1) is 11.3 Å². The van der Waals surface area contributed by atoms with Crippen LogP contribution in [0.2, 0.25) is 0 Å². The van der Waals surface area contributed by atoms with Gasteiger partial charge in [0.05, 0.1) is 23.3 Å². The van der Waals surface area contributed by atoms with Crippen LogP contribution in [0, 0.1) is 0 Å². The maximum Gasteiger partial charge on any atom is 0.335 e. The van der Waals surface area contributed by atoms with Crippen molar-refractivity contribution in [2.75, 3.05) is 0 Å². The number of carbonyl (C=O) groups is 1. The van der Waals surface area contributed by atoms with Crippen LogP contribution in [-0.2, 0) is 23.1 Å². The summed E-state index contributed by atoms with van der Waals surface area (Å²) >= 11 is 1.47. The van der Waals surface area contributed by atoms with Gasteiger partial charge in [0.15, 0.2) is 0 Å². The van der Waals surface area contributed by atoms with Crippen molar-refractivity contribution in [1.82, 2.24) is 4.31 Å². The Hall–Kier alpha value is -2.42. The second kappa shape index (κ2) is 7.22. The highest BCUT2D eigenvalue weighted by molar-refractivity contribution is 7.89. The van der Waals surface area contributed by atoms with Gasteiger partial charge in [-0.2, -0.15) is 4.31 Å². The molecule has 0 amide bonds. The van der Waals surface area contributed by atoms with E-state index in [1.54, 1.807) is 12.1 Å². The molecule has 8 heteroatoms. The lowest BCUT2D eigenvalue weighted by molar-refractivity contribution is 0.0696. The van der Waals surface area contributed by atoms with Crippen LogP contribution in [-0.4, -0.2) is 23.8 Å². The molecule has 0 radical (unpaired) electrons. The van der Waals surface area contributed by atoms with Crippen molar-refractivity contribution in [3.8, 4) is 0 Å². The van der Waals surface area contributed by atoms with Crippen molar-refractivity contribution in [1.29, 1.82) is 0 Å². The summed E-state index contributed by atoms with van der Waals surface area (Å²) < 4.78 is 32.6. The summed E-state index contributed by atoms with van der Waals surface area (Å²) in [6, 6.07) is 12.3. The summed E-state index contributed by atoms with van der Waals surface area (Å²) in [5.74, 6) is -0.572. The molecule has 0 bridgehead atoms. The van der Waals surface area contributed by atoms with Crippen LogP contribution in [0.25, 0.3) is 0 Å². The normalized spacial score (nSPS) is 11.7. The Bertz CT molecular complexity index is 893. The van der Waals surface area contributed by atoms with Crippen molar-refractivity contribution < 1.29 is 22.7 Å². The number of aromatic carboxylic acids is 1. The fourth-order valence-corrected chi connectivity index (χ4v) is 4.48. The maximum atomic E-state index is 13.0. The lowest BCUT2D eigenvalue weighted by Gasteiger charge is -2.20. The van der Waals surface area contributed by atoms with Crippen LogP contribution in [0.5, 0.6) is 0 Å². The molecule has 2 aromatic heterocycles. The van der Waals surface area contributed by atoms with E-state index in [1.165, 1.54) is 46.2 Å². The predicted molar refractivity (Wildman–Crippen MR) is 92.9 cm³/mol. The van der Waals surface area contributed by atoms with E-state index in [0.29, 0.717) is 5.76 Å². The van der Waals surface area contributed by atoms with E-state index in [-0.39, 0.29) is 23.5 Å². The number of hydrogen-bond acceptors (Lipinski definition) is 5. The van der Waals surface area contributed by atoms with E-state index in [1.807, 2.05) is 17.5 Å². The van der Waals surface area contributed by atoms with Crippen LogP contribution in [0.4, 0.5) is 0 Å². The molecule has 0 aliphatic carbocycles. The first kappa shape index (κ1) is 17.4. The third-order valence-electron chi connectivity index (χ3n) is 3.56. The average Bonchev–Trinajstić information content (AvgIpc) is 3.28. The van der Waals surface area contributed by atoms with E-state index >= 15 is 0 Å². The molecular weight excluding hydrogens is 362 g/mol. The number of hydrogen-bond donors (Lipinski definition) is 1. The van der Waals surface area contributed by atoms with E-state index < -0.39 is 16.0 Å². The van der Waals surface area contributed by atoms with Crippen LogP contribution in [0.1, 0.15) is 21.0 Å². The zero-order valence-corrected chi connectivity index (χ0v) is 14.7. The van der Waals surface area contributed by atoms with Crippen molar-refractivity contribution in [2.45, 2.75) is 18.0 Å². The largest absolute Gasteiger partial charge is 0.478 e. The molecule has 0 aliphatic rings. The van der Waals surface area contributed by atoms with Gasteiger partial charge in [0, 0.05) is 11.4 Å². The Labute approximate surface area is 149 Å². The number of rotatable bonds is 7. The van der Waals surface area contributed by atoms with Gasteiger partial charge >= 0.3 is 5.97 Å². The average molecular weight is 377 g/mol. The van der Waals surface area contributed by atoms with Crippen LogP contribution in [0.15, 0.2) is 69.5 Å². The van der Waals surface area contributed by atoms with Crippen molar-refractivity contribution in [2.24, 2.45) is 0 Å². The quantitative estimate of drug-likeness (QED) is 0.681. The second-order valence-electron chi connectivity index (χ2n) is 5.26. The first-order valence-electron chi connectivity index (χ1n) is 7.35.